The molecule has 3 heterocycles. The number of hydrogen-bond donors (Lipinski definition) is 1. The van der Waals surface area contributed by atoms with Gasteiger partial charge in [0.1, 0.15) is 0 Å². The first-order valence-electron chi connectivity index (χ1n) is 4.59. The molecule has 3 aromatic heterocycles. The molecule has 0 aliphatic rings. The lowest BCUT2D eigenvalue weighted by molar-refractivity contribution is 1.12. The highest BCUT2D eigenvalue weighted by atomic mass is 35.5. The van der Waals surface area contributed by atoms with Crippen molar-refractivity contribution in [1.82, 2.24) is 14.6 Å². The maximum absolute atomic E-state index is 6.07. The molecule has 0 fully saturated rings. The first-order valence-corrected chi connectivity index (χ1v) is 5.85. The number of fused-ring (bicyclic) bond motifs is 1. The predicted molar refractivity (Wildman–Crippen MR) is 65.7 cm³/mol. The van der Waals surface area contributed by atoms with Crippen molar-refractivity contribution in [2.45, 2.75) is 0 Å². The van der Waals surface area contributed by atoms with Gasteiger partial charge >= 0.3 is 0 Å². The molecule has 0 aliphatic heterocycles. The molecule has 4 nitrogen and oxygen atoms in total. The Bertz CT molecular complexity index is 658. The molecule has 0 saturated carbocycles. The summed E-state index contributed by atoms with van der Waals surface area (Å²) in [6, 6.07) is 5.46. The molecule has 16 heavy (non-hydrogen) atoms. The average molecular weight is 251 g/mol. The lowest BCUT2D eigenvalue weighted by Gasteiger charge is -1.98. The van der Waals surface area contributed by atoms with Gasteiger partial charge in [0.25, 0.3) is 0 Å². The minimum Gasteiger partial charge on any atom is -0.398 e. The minimum atomic E-state index is 0.668. The summed E-state index contributed by atoms with van der Waals surface area (Å²) in [5.41, 5.74) is 7.16. The van der Waals surface area contributed by atoms with Crippen LogP contribution in [-0.2, 0) is 0 Å². The third kappa shape index (κ3) is 1.36. The Kier molecular flexibility index (Phi) is 2.08. The zero-order valence-electron chi connectivity index (χ0n) is 8.09. The molecule has 0 unspecified atom stereocenters. The van der Waals surface area contributed by atoms with E-state index >= 15 is 0 Å². The highest BCUT2D eigenvalue weighted by molar-refractivity contribution is 7.14. The fourth-order valence-corrected chi connectivity index (χ4v) is 2.64. The second-order valence-corrected chi connectivity index (χ2v) is 4.64. The number of halogens is 1. The summed E-state index contributed by atoms with van der Waals surface area (Å²) in [6.07, 6.45) is 1.79. The van der Waals surface area contributed by atoms with Crippen LogP contribution in [-0.4, -0.2) is 14.6 Å². The molecule has 80 valence electrons. The molecule has 0 amide bonds. The first kappa shape index (κ1) is 9.62. The number of anilines is 1. The lowest BCUT2D eigenvalue weighted by Crippen LogP contribution is -1.92. The number of nitrogen functional groups attached to an aromatic ring is 1. The second kappa shape index (κ2) is 3.47. The van der Waals surface area contributed by atoms with Crippen LogP contribution in [0.2, 0.25) is 5.02 Å². The number of nitrogens with zero attached hydrogens (tertiary/aromatic N) is 3. The van der Waals surface area contributed by atoms with Gasteiger partial charge in [-0.25, -0.2) is 0 Å². The lowest BCUT2D eigenvalue weighted by atomic mass is 10.4. The summed E-state index contributed by atoms with van der Waals surface area (Å²) in [5, 5.41) is 10.8. The van der Waals surface area contributed by atoms with E-state index in [9.17, 15) is 0 Å². The summed E-state index contributed by atoms with van der Waals surface area (Å²) in [5.74, 6) is 0.724. The van der Waals surface area contributed by atoms with Crippen LogP contribution < -0.4 is 5.73 Å². The maximum atomic E-state index is 6.07. The van der Waals surface area contributed by atoms with Crippen molar-refractivity contribution in [1.29, 1.82) is 0 Å². The van der Waals surface area contributed by atoms with Crippen molar-refractivity contribution >= 4 is 34.3 Å². The van der Waals surface area contributed by atoms with Gasteiger partial charge in [-0.2, -0.15) is 0 Å². The Hall–Kier alpha value is -1.59. The Morgan fingerprint density at radius 1 is 1.25 bits per heavy atom. The molecule has 6 heteroatoms. The van der Waals surface area contributed by atoms with E-state index in [1.54, 1.807) is 12.3 Å². The monoisotopic (exact) mass is 250 g/mol. The molecule has 3 aromatic rings. The van der Waals surface area contributed by atoms with E-state index in [0.717, 1.165) is 16.3 Å². The Morgan fingerprint density at radius 3 is 2.88 bits per heavy atom. The van der Waals surface area contributed by atoms with Gasteiger partial charge in [-0.05, 0) is 23.6 Å². The predicted octanol–water partition coefficient (Wildman–Crippen LogP) is 2.69. The van der Waals surface area contributed by atoms with Crippen LogP contribution in [0, 0.1) is 0 Å². The van der Waals surface area contributed by atoms with Gasteiger partial charge in [0.2, 0.25) is 0 Å². The van der Waals surface area contributed by atoms with Crippen LogP contribution in [0.15, 0.2) is 29.8 Å². The van der Waals surface area contributed by atoms with Crippen LogP contribution in [0.3, 0.4) is 0 Å². The van der Waals surface area contributed by atoms with E-state index in [1.165, 1.54) is 11.3 Å². The largest absolute Gasteiger partial charge is 0.398 e. The molecule has 0 bridgehead atoms. The van der Waals surface area contributed by atoms with E-state index in [2.05, 4.69) is 10.2 Å². The molecule has 3 rings (SSSR count). The molecule has 0 atom stereocenters. The summed E-state index contributed by atoms with van der Waals surface area (Å²) in [7, 11) is 0. The Morgan fingerprint density at radius 2 is 2.12 bits per heavy atom. The van der Waals surface area contributed by atoms with Crippen LogP contribution in [0.25, 0.3) is 16.3 Å². The molecule has 2 N–H and O–H groups in total. The van der Waals surface area contributed by atoms with E-state index in [-0.39, 0.29) is 0 Å². The van der Waals surface area contributed by atoms with E-state index in [1.807, 2.05) is 21.9 Å². The van der Waals surface area contributed by atoms with Crippen molar-refractivity contribution in [2.24, 2.45) is 0 Å². The fraction of sp³-hybridized carbons (Fsp3) is 0. The summed E-state index contributed by atoms with van der Waals surface area (Å²) in [4.78, 5) is 0.903. The van der Waals surface area contributed by atoms with Gasteiger partial charge in [0.05, 0.1) is 9.90 Å². The van der Waals surface area contributed by atoms with E-state index < -0.39 is 0 Å². The number of nitrogens with two attached hydrogens (primary N) is 1. The van der Waals surface area contributed by atoms with Gasteiger partial charge in [-0.1, -0.05) is 11.6 Å². The van der Waals surface area contributed by atoms with Crippen molar-refractivity contribution in [3.05, 3.63) is 34.8 Å². The number of aromatic nitrogens is 3. The molecule has 0 aromatic carbocycles. The van der Waals surface area contributed by atoms with Crippen LogP contribution in [0.5, 0.6) is 0 Å². The second-order valence-electron chi connectivity index (χ2n) is 3.31. The molecule has 0 aliphatic carbocycles. The Labute approximate surface area is 100 Å². The van der Waals surface area contributed by atoms with Crippen molar-refractivity contribution < 1.29 is 0 Å². The topological polar surface area (TPSA) is 56.2 Å². The average Bonchev–Trinajstić information content (AvgIpc) is 2.83. The summed E-state index contributed by atoms with van der Waals surface area (Å²) >= 11 is 7.60. The van der Waals surface area contributed by atoms with Gasteiger partial charge in [0, 0.05) is 11.9 Å². The van der Waals surface area contributed by atoms with Crippen LogP contribution >= 0.6 is 22.9 Å². The number of thiophene rings is 1. The standard InChI is InChI=1S/C10H7ClN4S/c11-7-3-4-16-9(7)10-14-13-8-2-1-6(12)5-15(8)10/h1-5H,12H2. The first-order chi connectivity index (χ1) is 7.75. The summed E-state index contributed by atoms with van der Waals surface area (Å²) in [6.45, 7) is 0. The van der Waals surface area contributed by atoms with Gasteiger partial charge in [0.15, 0.2) is 11.5 Å². The quantitative estimate of drug-likeness (QED) is 0.722. The third-order valence-electron chi connectivity index (χ3n) is 2.25. The normalized spacial score (nSPS) is 11.1. The number of rotatable bonds is 1. The zero-order valence-corrected chi connectivity index (χ0v) is 9.66. The Balaban J connectivity index is 2.32. The number of hydrogen-bond acceptors (Lipinski definition) is 4. The molecular weight excluding hydrogens is 244 g/mol. The van der Waals surface area contributed by atoms with Gasteiger partial charge in [-0.3, -0.25) is 4.40 Å². The number of pyridine rings is 1. The molecule has 0 radical (unpaired) electrons. The van der Waals surface area contributed by atoms with Crippen molar-refractivity contribution in [3.8, 4) is 10.7 Å². The fourth-order valence-electron chi connectivity index (χ4n) is 1.52. The smallest absolute Gasteiger partial charge is 0.180 e. The maximum Gasteiger partial charge on any atom is 0.180 e. The zero-order chi connectivity index (χ0) is 11.1. The van der Waals surface area contributed by atoms with E-state index in [0.29, 0.717) is 10.7 Å². The van der Waals surface area contributed by atoms with Gasteiger partial charge < -0.3 is 5.73 Å². The van der Waals surface area contributed by atoms with Gasteiger partial charge in [-0.15, -0.1) is 21.5 Å². The molecule has 0 spiro atoms. The highest BCUT2D eigenvalue weighted by Gasteiger charge is 2.12. The van der Waals surface area contributed by atoms with Crippen LogP contribution in [0.1, 0.15) is 0 Å². The van der Waals surface area contributed by atoms with Crippen molar-refractivity contribution in [3.63, 3.8) is 0 Å². The SMILES string of the molecule is Nc1ccc2nnc(-c3sccc3Cl)n2c1. The minimum absolute atomic E-state index is 0.668. The summed E-state index contributed by atoms with van der Waals surface area (Å²) < 4.78 is 1.84. The van der Waals surface area contributed by atoms with Crippen LogP contribution in [0.4, 0.5) is 5.69 Å². The molecular formula is C10H7ClN4S. The molecule has 0 saturated heterocycles. The van der Waals surface area contributed by atoms with E-state index in [4.69, 9.17) is 17.3 Å². The third-order valence-corrected chi connectivity index (χ3v) is 3.58. The van der Waals surface area contributed by atoms with Crippen molar-refractivity contribution in [2.75, 3.05) is 5.73 Å². The highest BCUT2D eigenvalue weighted by Crippen LogP contribution is 2.32.